The Balaban J connectivity index is 1.91. The molecule has 1 saturated heterocycles. The van der Waals surface area contributed by atoms with Crippen LogP contribution >= 0.6 is 0 Å². The van der Waals surface area contributed by atoms with E-state index in [1.165, 1.54) is 6.42 Å². The molecule has 2 nitrogen and oxygen atoms in total. The quantitative estimate of drug-likeness (QED) is 0.622. The molecule has 0 aromatic carbocycles. The highest BCUT2D eigenvalue weighted by Crippen LogP contribution is 2.47. The number of nitrogens with zero attached hydrogens (tertiary/aromatic N) is 2. The molecule has 0 bridgehead atoms. The predicted molar refractivity (Wildman–Crippen MR) is 47.5 cm³/mol. The molecule has 0 aromatic heterocycles. The average Bonchev–Trinajstić information content (AvgIpc) is 2.82. The van der Waals surface area contributed by atoms with Crippen LogP contribution < -0.4 is 0 Å². The zero-order valence-electron chi connectivity index (χ0n) is 7.88. The number of rotatable bonds is 2. The van der Waals surface area contributed by atoms with Gasteiger partial charge in [-0.3, -0.25) is 4.90 Å². The highest BCUT2D eigenvalue weighted by atomic mass is 15.2. The predicted octanol–water partition coefficient (Wildman–Crippen LogP) is 1.77. The van der Waals surface area contributed by atoms with Crippen LogP contribution in [0.25, 0.3) is 0 Å². The lowest BCUT2D eigenvalue weighted by Crippen LogP contribution is -2.54. The molecule has 2 aliphatic rings. The molecule has 1 saturated carbocycles. The Hall–Kier alpha value is -0.550. The fraction of sp³-hybridized carbons (Fsp3) is 0.900. The van der Waals surface area contributed by atoms with Crippen molar-refractivity contribution in [2.24, 2.45) is 5.41 Å². The molecule has 0 radical (unpaired) electrons. The van der Waals surface area contributed by atoms with E-state index in [0.29, 0.717) is 12.1 Å². The van der Waals surface area contributed by atoms with Gasteiger partial charge in [-0.1, -0.05) is 0 Å². The van der Waals surface area contributed by atoms with E-state index in [2.05, 4.69) is 24.8 Å². The van der Waals surface area contributed by atoms with Crippen molar-refractivity contribution in [1.29, 1.82) is 5.26 Å². The molecular weight excluding hydrogens is 148 g/mol. The van der Waals surface area contributed by atoms with Crippen molar-refractivity contribution < 1.29 is 0 Å². The monoisotopic (exact) mass is 164 g/mol. The lowest BCUT2D eigenvalue weighted by Gasteiger charge is -2.46. The van der Waals surface area contributed by atoms with Crippen LogP contribution in [0.2, 0.25) is 0 Å². The lowest BCUT2D eigenvalue weighted by atomic mass is 9.93. The van der Waals surface area contributed by atoms with Crippen molar-refractivity contribution in [3.8, 4) is 6.07 Å². The largest absolute Gasteiger partial charge is 0.296 e. The van der Waals surface area contributed by atoms with Crippen molar-refractivity contribution >= 4 is 0 Å². The number of hydrogen-bond donors (Lipinski definition) is 0. The van der Waals surface area contributed by atoms with E-state index in [-0.39, 0.29) is 5.41 Å². The van der Waals surface area contributed by atoms with Crippen LogP contribution in [0.15, 0.2) is 0 Å². The van der Waals surface area contributed by atoms with Gasteiger partial charge >= 0.3 is 0 Å². The first-order valence-corrected chi connectivity index (χ1v) is 4.84. The van der Waals surface area contributed by atoms with Crippen molar-refractivity contribution in [2.45, 2.75) is 45.2 Å². The van der Waals surface area contributed by atoms with Crippen LogP contribution in [0.3, 0.4) is 0 Å². The van der Waals surface area contributed by atoms with Crippen molar-refractivity contribution in [3.63, 3.8) is 0 Å². The first-order chi connectivity index (χ1) is 5.67. The second-order valence-electron chi connectivity index (χ2n) is 4.50. The van der Waals surface area contributed by atoms with Crippen LogP contribution in [-0.2, 0) is 0 Å². The Kier molecular flexibility index (Phi) is 1.66. The average molecular weight is 164 g/mol. The summed E-state index contributed by atoms with van der Waals surface area (Å²) in [5, 5.41) is 8.92. The normalized spacial score (nSPS) is 38.4. The molecule has 2 atom stereocenters. The minimum absolute atomic E-state index is 0.0585. The molecule has 0 N–H and O–H groups in total. The van der Waals surface area contributed by atoms with Gasteiger partial charge in [-0.2, -0.15) is 5.26 Å². The Morgan fingerprint density at radius 2 is 2.00 bits per heavy atom. The third kappa shape index (κ3) is 1.13. The van der Waals surface area contributed by atoms with Gasteiger partial charge in [-0.15, -0.1) is 0 Å². The summed E-state index contributed by atoms with van der Waals surface area (Å²) < 4.78 is 0. The van der Waals surface area contributed by atoms with E-state index >= 15 is 0 Å². The Morgan fingerprint density at radius 3 is 2.33 bits per heavy atom. The van der Waals surface area contributed by atoms with Crippen LogP contribution in [-0.4, -0.2) is 23.5 Å². The van der Waals surface area contributed by atoms with Gasteiger partial charge in [0.25, 0.3) is 0 Å². The molecule has 1 aliphatic carbocycles. The van der Waals surface area contributed by atoms with Gasteiger partial charge in [0, 0.05) is 18.6 Å². The van der Waals surface area contributed by atoms with E-state index in [4.69, 9.17) is 5.26 Å². The highest BCUT2D eigenvalue weighted by Gasteiger charge is 2.47. The minimum Gasteiger partial charge on any atom is -0.296 e. The fourth-order valence-corrected chi connectivity index (χ4v) is 2.18. The maximum absolute atomic E-state index is 8.92. The smallest absolute Gasteiger partial charge is 0.0703 e. The molecule has 1 heterocycles. The van der Waals surface area contributed by atoms with Crippen molar-refractivity contribution in [2.75, 3.05) is 6.54 Å². The molecule has 2 fully saturated rings. The van der Waals surface area contributed by atoms with Crippen molar-refractivity contribution in [1.82, 2.24) is 4.90 Å². The summed E-state index contributed by atoms with van der Waals surface area (Å²) in [6.07, 6.45) is 3.56. The maximum Gasteiger partial charge on any atom is 0.0703 e. The van der Waals surface area contributed by atoms with Crippen LogP contribution in [0.1, 0.15) is 33.1 Å². The summed E-state index contributed by atoms with van der Waals surface area (Å²) in [4.78, 5) is 2.47. The minimum atomic E-state index is 0.0585. The standard InChI is InChI=1S/C10H16N2/c1-8-5-9(2)12(8)7-10(6-11)3-4-10/h8-9H,3-5,7H2,1-2H3. The van der Waals surface area contributed by atoms with E-state index in [0.717, 1.165) is 19.4 Å². The summed E-state index contributed by atoms with van der Waals surface area (Å²) in [5.41, 5.74) is 0.0585. The van der Waals surface area contributed by atoms with Gasteiger partial charge < -0.3 is 0 Å². The molecule has 0 aromatic rings. The molecule has 12 heavy (non-hydrogen) atoms. The molecule has 66 valence electrons. The third-order valence-electron chi connectivity index (χ3n) is 3.39. The fourth-order valence-electron chi connectivity index (χ4n) is 2.18. The van der Waals surface area contributed by atoms with Crippen LogP contribution in [0.4, 0.5) is 0 Å². The molecule has 2 heteroatoms. The summed E-state index contributed by atoms with van der Waals surface area (Å²) in [6, 6.07) is 3.88. The summed E-state index contributed by atoms with van der Waals surface area (Å²) in [6.45, 7) is 5.53. The van der Waals surface area contributed by atoms with Gasteiger partial charge in [0.15, 0.2) is 0 Å². The molecule has 2 rings (SSSR count). The van der Waals surface area contributed by atoms with E-state index in [1.807, 2.05) is 0 Å². The molecule has 1 aliphatic heterocycles. The number of likely N-dealkylation sites (tertiary alicyclic amines) is 1. The van der Waals surface area contributed by atoms with Crippen LogP contribution in [0, 0.1) is 16.7 Å². The van der Waals surface area contributed by atoms with Gasteiger partial charge in [0.1, 0.15) is 0 Å². The summed E-state index contributed by atoms with van der Waals surface area (Å²) in [7, 11) is 0. The van der Waals surface area contributed by atoms with E-state index in [9.17, 15) is 0 Å². The van der Waals surface area contributed by atoms with Crippen LogP contribution in [0.5, 0.6) is 0 Å². The first-order valence-electron chi connectivity index (χ1n) is 4.84. The van der Waals surface area contributed by atoms with Gasteiger partial charge in [0.05, 0.1) is 11.5 Å². The SMILES string of the molecule is CC1CC(C)N1CC1(C#N)CC1. The maximum atomic E-state index is 8.92. The third-order valence-corrected chi connectivity index (χ3v) is 3.39. The van der Waals surface area contributed by atoms with Gasteiger partial charge in [-0.05, 0) is 33.1 Å². The first kappa shape index (κ1) is 8.07. The van der Waals surface area contributed by atoms with Gasteiger partial charge in [0.2, 0.25) is 0 Å². The Morgan fingerprint density at radius 1 is 1.42 bits per heavy atom. The second-order valence-corrected chi connectivity index (χ2v) is 4.50. The molecular formula is C10H16N2. The molecule has 2 unspecified atom stereocenters. The second kappa shape index (κ2) is 2.47. The molecule has 0 amide bonds. The van der Waals surface area contributed by atoms with Crippen molar-refractivity contribution in [3.05, 3.63) is 0 Å². The number of nitriles is 1. The number of hydrogen-bond acceptors (Lipinski definition) is 2. The highest BCUT2D eigenvalue weighted by molar-refractivity contribution is 5.12. The van der Waals surface area contributed by atoms with E-state index < -0.39 is 0 Å². The summed E-state index contributed by atoms with van der Waals surface area (Å²) in [5.74, 6) is 0. The topological polar surface area (TPSA) is 27.0 Å². The van der Waals surface area contributed by atoms with Gasteiger partial charge in [-0.25, -0.2) is 0 Å². The molecule has 0 spiro atoms. The Bertz CT molecular complexity index is 216. The van der Waals surface area contributed by atoms with E-state index in [1.54, 1.807) is 0 Å². The Labute approximate surface area is 74.2 Å². The zero-order chi connectivity index (χ0) is 8.77. The zero-order valence-corrected chi connectivity index (χ0v) is 7.88. The lowest BCUT2D eigenvalue weighted by molar-refractivity contribution is 0.0254. The summed E-state index contributed by atoms with van der Waals surface area (Å²) >= 11 is 0.